The molecule has 2 saturated carbocycles. The number of ether oxygens (including phenoxy) is 1. The van der Waals surface area contributed by atoms with Gasteiger partial charge in [0, 0.05) is 68.3 Å². The van der Waals surface area contributed by atoms with Gasteiger partial charge in [0.2, 0.25) is 5.95 Å². The molecule has 0 aromatic carbocycles. The lowest BCUT2D eigenvalue weighted by atomic mass is 9.66. The van der Waals surface area contributed by atoms with Gasteiger partial charge < -0.3 is 14.5 Å². The Morgan fingerprint density at radius 3 is 2.47 bits per heavy atom. The van der Waals surface area contributed by atoms with Crippen molar-refractivity contribution in [1.29, 1.82) is 0 Å². The first-order valence-corrected chi connectivity index (χ1v) is 12.4. The van der Waals surface area contributed by atoms with Crippen LogP contribution in [-0.4, -0.2) is 63.1 Å². The maximum absolute atomic E-state index is 14.3. The molecule has 4 aliphatic rings. The van der Waals surface area contributed by atoms with Crippen molar-refractivity contribution in [3.63, 3.8) is 0 Å². The second-order valence-corrected chi connectivity index (χ2v) is 11.5. The van der Waals surface area contributed by atoms with E-state index < -0.39 is 22.2 Å². The molecular formula is C26H30FN5O4. The van der Waals surface area contributed by atoms with Crippen LogP contribution in [0.15, 0.2) is 29.3 Å². The van der Waals surface area contributed by atoms with Crippen molar-refractivity contribution in [2.45, 2.75) is 45.3 Å². The third-order valence-corrected chi connectivity index (χ3v) is 9.79. The fraction of sp³-hybridized carbons (Fsp3) is 0.577. The molecule has 2 unspecified atom stereocenters. The Labute approximate surface area is 208 Å². The molecule has 0 N–H and O–H groups in total. The number of likely N-dealkylation sites (tertiary alicyclic amines) is 1. The Hall–Kier alpha value is -3.30. The Morgan fingerprint density at radius 1 is 1.19 bits per heavy atom. The van der Waals surface area contributed by atoms with Crippen LogP contribution in [0.25, 0.3) is 11.3 Å². The number of nitrogens with zero attached hydrogens (tertiary/aromatic N) is 5. The summed E-state index contributed by atoms with van der Waals surface area (Å²) in [5.41, 5.74) is -2.09. The number of halogens is 1. The number of esters is 1. The number of carbonyl (C=O) groups is 2. The number of fused-ring (bicyclic) bond motifs is 3. The maximum atomic E-state index is 14.3. The van der Waals surface area contributed by atoms with Gasteiger partial charge in [-0.05, 0) is 25.8 Å². The summed E-state index contributed by atoms with van der Waals surface area (Å²) in [6, 6.07) is 2.93. The predicted octanol–water partition coefficient (Wildman–Crippen LogP) is 2.00. The summed E-state index contributed by atoms with van der Waals surface area (Å²) in [5.74, 6) is -0.00435. The standard InChI is InChI=1S/C26H30FN5O4/c1-24(2)25(3)7-8-26(24,36-22(25)35)21(34)32-12-15-16(13-32)20(15)31(5)23-29-18(10-19(33)30(23)4)14-6-9-28-11-17(14)27/h6,9-11,15-16,20H,7-8,12-13H2,1-5H3/t15-,16+,20?,25-,26?/m0/s1. The highest BCUT2D eigenvalue weighted by Gasteiger charge is 2.77. The van der Waals surface area contributed by atoms with Gasteiger partial charge in [0.1, 0.15) is 0 Å². The van der Waals surface area contributed by atoms with E-state index in [0.29, 0.717) is 31.9 Å². The number of anilines is 1. The average Bonchev–Trinajstić information content (AvgIpc) is 3.18. The average molecular weight is 496 g/mol. The zero-order valence-electron chi connectivity index (χ0n) is 21.1. The highest BCUT2D eigenvalue weighted by molar-refractivity contribution is 5.96. The number of aromatic nitrogens is 3. The fourth-order valence-corrected chi connectivity index (χ4v) is 6.91. The molecule has 4 heterocycles. The summed E-state index contributed by atoms with van der Waals surface area (Å²) >= 11 is 0. The van der Waals surface area contributed by atoms with Crippen LogP contribution in [0.3, 0.4) is 0 Å². The fourth-order valence-electron chi connectivity index (χ4n) is 6.91. The van der Waals surface area contributed by atoms with E-state index in [0.717, 1.165) is 6.20 Å². The van der Waals surface area contributed by atoms with Crippen LogP contribution >= 0.6 is 0 Å². The molecule has 2 aliphatic heterocycles. The van der Waals surface area contributed by atoms with Crippen molar-refractivity contribution in [3.05, 3.63) is 40.7 Å². The molecule has 10 heteroatoms. The molecule has 2 bridgehead atoms. The van der Waals surface area contributed by atoms with Crippen LogP contribution in [0.1, 0.15) is 33.6 Å². The van der Waals surface area contributed by atoms with E-state index in [1.165, 1.54) is 22.9 Å². The predicted molar refractivity (Wildman–Crippen MR) is 128 cm³/mol. The number of pyridine rings is 1. The third-order valence-electron chi connectivity index (χ3n) is 9.79. The van der Waals surface area contributed by atoms with E-state index in [-0.39, 0.29) is 46.6 Å². The largest absolute Gasteiger partial charge is 0.448 e. The summed E-state index contributed by atoms with van der Waals surface area (Å²) in [5, 5.41) is 0. The molecule has 2 aromatic rings. The quantitative estimate of drug-likeness (QED) is 0.599. The van der Waals surface area contributed by atoms with Crippen molar-refractivity contribution in [2.75, 3.05) is 25.0 Å². The zero-order chi connectivity index (χ0) is 25.8. The van der Waals surface area contributed by atoms with Crippen LogP contribution in [0, 0.1) is 28.5 Å². The molecule has 2 aliphatic carbocycles. The third kappa shape index (κ3) is 2.72. The summed E-state index contributed by atoms with van der Waals surface area (Å²) in [7, 11) is 3.53. The van der Waals surface area contributed by atoms with E-state index in [1.54, 1.807) is 7.05 Å². The van der Waals surface area contributed by atoms with Gasteiger partial charge in [-0.3, -0.25) is 23.9 Å². The highest BCUT2D eigenvalue weighted by Crippen LogP contribution is 2.66. The van der Waals surface area contributed by atoms with E-state index in [4.69, 9.17) is 4.74 Å². The minimum atomic E-state index is -1.09. The van der Waals surface area contributed by atoms with Gasteiger partial charge in [0.15, 0.2) is 11.4 Å². The maximum Gasteiger partial charge on any atom is 0.313 e. The first-order chi connectivity index (χ1) is 16.9. The number of amides is 1. The lowest BCUT2D eigenvalue weighted by Crippen LogP contribution is -2.55. The van der Waals surface area contributed by atoms with E-state index >= 15 is 0 Å². The van der Waals surface area contributed by atoms with E-state index in [1.807, 2.05) is 37.6 Å². The van der Waals surface area contributed by atoms with Gasteiger partial charge in [-0.1, -0.05) is 13.8 Å². The lowest BCUT2D eigenvalue weighted by Gasteiger charge is -2.38. The van der Waals surface area contributed by atoms with Crippen LogP contribution < -0.4 is 10.5 Å². The second kappa shape index (κ2) is 7.14. The summed E-state index contributed by atoms with van der Waals surface area (Å²) in [6.45, 7) is 6.99. The minimum Gasteiger partial charge on any atom is -0.448 e. The number of hydrogen-bond acceptors (Lipinski definition) is 7. The molecule has 9 nitrogen and oxygen atoms in total. The number of rotatable bonds is 4. The van der Waals surface area contributed by atoms with Gasteiger partial charge in [0.25, 0.3) is 11.5 Å². The number of carbonyl (C=O) groups excluding carboxylic acids is 2. The van der Waals surface area contributed by atoms with E-state index in [2.05, 4.69) is 9.97 Å². The van der Waals surface area contributed by atoms with Crippen LogP contribution in [0.5, 0.6) is 0 Å². The molecule has 6 rings (SSSR count). The normalized spacial score (nSPS) is 33.4. The lowest BCUT2D eigenvalue weighted by molar-refractivity contribution is -0.173. The SMILES string of the molecule is CN(c1nc(-c2ccncc2F)cc(=O)n1C)C1[C@H]2CN(C(=O)C34CC[C@@](C)(C(=O)O3)C4(C)C)C[C@@H]12. The van der Waals surface area contributed by atoms with Gasteiger partial charge in [-0.2, -0.15) is 0 Å². The molecule has 5 atom stereocenters. The van der Waals surface area contributed by atoms with E-state index in [9.17, 15) is 18.8 Å². The Balaban J connectivity index is 1.21. The molecule has 0 spiro atoms. The monoisotopic (exact) mass is 495 g/mol. The van der Waals surface area contributed by atoms with Crippen molar-refractivity contribution >= 4 is 17.8 Å². The first kappa shape index (κ1) is 23.1. The molecule has 1 amide bonds. The van der Waals surface area contributed by atoms with Gasteiger partial charge >= 0.3 is 5.97 Å². The molecule has 2 aromatic heterocycles. The summed E-state index contributed by atoms with van der Waals surface area (Å²) < 4.78 is 21.6. The van der Waals surface area contributed by atoms with Crippen molar-refractivity contribution in [3.8, 4) is 11.3 Å². The van der Waals surface area contributed by atoms with Crippen LogP contribution in [0.4, 0.5) is 10.3 Å². The Bertz CT molecular complexity index is 1360. The highest BCUT2D eigenvalue weighted by atomic mass is 19.1. The smallest absolute Gasteiger partial charge is 0.313 e. The van der Waals surface area contributed by atoms with Crippen LogP contribution in [0.2, 0.25) is 0 Å². The number of piperidine rings is 1. The van der Waals surface area contributed by atoms with Crippen LogP contribution in [-0.2, 0) is 21.4 Å². The van der Waals surface area contributed by atoms with Gasteiger partial charge in [-0.15, -0.1) is 0 Å². The van der Waals surface area contributed by atoms with Crippen molar-refractivity contribution in [1.82, 2.24) is 19.4 Å². The van der Waals surface area contributed by atoms with Gasteiger partial charge in [-0.25, -0.2) is 9.37 Å². The molecule has 0 radical (unpaired) electrons. The Kier molecular flexibility index (Phi) is 4.58. The molecular weight excluding hydrogens is 465 g/mol. The molecule has 190 valence electrons. The van der Waals surface area contributed by atoms with Crippen molar-refractivity contribution in [2.24, 2.45) is 29.7 Å². The zero-order valence-corrected chi connectivity index (χ0v) is 21.1. The first-order valence-electron chi connectivity index (χ1n) is 12.4. The molecule has 2 saturated heterocycles. The molecule has 4 fully saturated rings. The number of hydrogen-bond donors (Lipinski definition) is 0. The molecule has 36 heavy (non-hydrogen) atoms. The summed E-state index contributed by atoms with van der Waals surface area (Å²) in [6.07, 6.45) is 3.78. The van der Waals surface area contributed by atoms with Crippen molar-refractivity contribution < 1.29 is 18.7 Å². The Morgan fingerprint density at radius 2 is 1.89 bits per heavy atom. The summed E-state index contributed by atoms with van der Waals surface area (Å²) in [4.78, 5) is 51.2. The van der Waals surface area contributed by atoms with Gasteiger partial charge in [0.05, 0.1) is 17.3 Å². The second-order valence-electron chi connectivity index (χ2n) is 11.5. The minimum absolute atomic E-state index is 0.0867. The topological polar surface area (TPSA) is 97.6 Å².